The van der Waals surface area contributed by atoms with Gasteiger partial charge in [-0.2, -0.15) is 0 Å². The van der Waals surface area contributed by atoms with Crippen LogP contribution >= 0.6 is 0 Å². The molecule has 24 heavy (non-hydrogen) atoms. The van der Waals surface area contributed by atoms with Crippen molar-refractivity contribution in [2.24, 2.45) is 17.8 Å². The lowest BCUT2D eigenvalue weighted by molar-refractivity contribution is -0.117. The number of hydrogen-bond donors (Lipinski definition) is 2. The smallest absolute Gasteiger partial charge is 0.337 e. The fourth-order valence-electron chi connectivity index (χ4n) is 4.23. The normalized spacial score (nSPS) is 24.7. The monoisotopic (exact) mass is 333 g/mol. The molecule has 1 aromatic carbocycles. The highest BCUT2D eigenvalue weighted by molar-refractivity contribution is 6.01. The van der Waals surface area contributed by atoms with Crippen molar-refractivity contribution in [1.29, 1.82) is 0 Å². The molecule has 6 nitrogen and oxygen atoms in total. The summed E-state index contributed by atoms with van der Waals surface area (Å²) in [5, 5.41) is 12.1. The molecule has 2 saturated carbocycles. The van der Waals surface area contributed by atoms with Crippen LogP contribution in [0.15, 0.2) is 12.1 Å². The lowest BCUT2D eigenvalue weighted by Crippen LogP contribution is -2.21. The van der Waals surface area contributed by atoms with E-state index in [1.165, 1.54) is 45.6 Å². The van der Waals surface area contributed by atoms with E-state index in [-0.39, 0.29) is 17.2 Å². The first-order valence-corrected chi connectivity index (χ1v) is 8.31. The van der Waals surface area contributed by atoms with Gasteiger partial charge in [0.05, 0.1) is 25.5 Å². The van der Waals surface area contributed by atoms with Crippen molar-refractivity contribution in [3.05, 3.63) is 17.7 Å². The molecule has 0 heterocycles. The molecule has 2 aliphatic rings. The van der Waals surface area contributed by atoms with Gasteiger partial charge in [0.2, 0.25) is 5.91 Å². The molecule has 3 atom stereocenters. The molecule has 0 spiro atoms. The minimum atomic E-state index is -1.12. The summed E-state index contributed by atoms with van der Waals surface area (Å²) in [7, 11) is 2.91. The summed E-state index contributed by atoms with van der Waals surface area (Å²) in [6.07, 6.45) is 5.33. The van der Waals surface area contributed by atoms with Crippen molar-refractivity contribution in [2.75, 3.05) is 19.5 Å². The van der Waals surface area contributed by atoms with Gasteiger partial charge in [0.15, 0.2) is 11.5 Å². The first-order chi connectivity index (χ1) is 11.5. The molecule has 3 unspecified atom stereocenters. The molecule has 3 rings (SSSR count). The Bertz CT molecular complexity index is 657. The van der Waals surface area contributed by atoms with E-state index in [0.29, 0.717) is 29.8 Å². The number of amides is 1. The highest BCUT2D eigenvalue weighted by atomic mass is 16.5. The number of aromatic carboxylic acids is 1. The number of fused-ring (bicyclic) bond motifs is 2. The van der Waals surface area contributed by atoms with Gasteiger partial charge in [-0.05, 0) is 37.0 Å². The van der Waals surface area contributed by atoms with Crippen molar-refractivity contribution in [2.45, 2.75) is 32.1 Å². The number of carboxylic acid groups (broad SMARTS) is 1. The molecular formula is C18H23NO5. The Balaban J connectivity index is 1.75. The molecule has 2 fully saturated rings. The average molecular weight is 333 g/mol. The van der Waals surface area contributed by atoms with Crippen LogP contribution in [-0.4, -0.2) is 31.2 Å². The van der Waals surface area contributed by atoms with Gasteiger partial charge < -0.3 is 19.9 Å². The van der Waals surface area contributed by atoms with Gasteiger partial charge in [0.1, 0.15) is 0 Å². The van der Waals surface area contributed by atoms with Gasteiger partial charge in [0.25, 0.3) is 0 Å². The number of carbonyl (C=O) groups is 2. The van der Waals surface area contributed by atoms with Crippen LogP contribution in [0.5, 0.6) is 11.5 Å². The Morgan fingerprint density at radius 2 is 1.88 bits per heavy atom. The lowest BCUT2D eigenvalue weighted by atomic mass is 9.86. The number of ether oxygens (including phenoxy) is 2. The highest BCUT2D eigenvalue weighted by Gasteiger charge is 2.40. The Morgan fingerprint density at radius 1 is 1.17 bits per heavy atom. The molecule has 0 aromatic heterocycles. The fourth-order valence-corrected chi connectivity index (χ4v) is 4.23. The summed E-state index contributed by atoms with van der Waals surface area (Å²) in [4.78, 5) is 23.9. The second-order valence-electron chi connectivity index (χ2n) is 6.75. The van der Waals surface area contributed by atoms with E-state index >= 15 is 0 Å². The number of methoxy groups -OCH3 is 2. The van der Waals surface area contributed by atoms with Crippen LogP contribution in [0, 0.1) is 17.8 Å². The summed E-state index contributed by atoms with van der Waals surface area (Å²) in [5.74, 6) is 1.32. The zero-order chi connectivity index (χ0) is 17.3. The molecule has 0 saturated heterocycles. The number of nitrogens with one attached hydrogen (secondary N) is 1. The van der Waals surface area contributed by atoms with E-state index in [1.807, 2.05) is 0 Å². The summed E-state index contributed by atoms with van der Waals surface area (Å²) in [6.45, 7) is 0. The Hall–Kier alpha value is -2.24. The third-order valence-corrected chi connectivity index (χ3v) is 5.36. The van der Waals surface area contributed by atoms with Gasteiger partial charge in [-0.3, -0.25) is 4.79 Å². The third-order valence-electron chi connectivity index (χ3n) is 5.36. The summed E-state index contributed by atoms with van der Waals surface area (Å²) < 4.78 is 10.3. The van der Waals surface area contributed by atoms with E-state index in [4.69, 9.17) is 9.47 Å². The highest BCUT2D eigenvalue weighted by Crippen LogP contribution is 2.49. The maximum absolute atomic E-state index is 12.4. The zero-order valence-electron chi connectivity index (χ0n) is 14.0. The Labute approximate surface area is 141 Å². The number of hydrogen-bond acceptors (Lipinski definition) is 4. The summed E-state index contributed by atoms with van der Waals surface area (Å²) in [6, 6.07) is 2.87. The lowest BCUT2D eigenvalue weighted by Gasteiger charge is -2.21. The van der Waals surface area contributed by atoms with Crippen molar-refractivity contribution in [3.8, 4) is 11.5 Å². The standard InChI is InChI=1S/C18H23NO5/c1-23-15-8-13(18(21)22)14(9-16(15)24-2)19-17(20)7-12-6-10-3-4-11(12)5-10/h8-12H,3-7H2,1-2H3,(H,19,20)(H,21,22). The fraction of sp³-hybridized carbons (Fsp3) is 0.556. The van der Waals surface area contributed by atoms with Crippen LogP contribution in [0.25, 0.3) is 0 Å². The molecule has 0 radical (unpaired) electrons. The number of carboxylic acids is 1. The van der Waals surface area contributed by atoms with E-state index in [2.05, 4.69) is 5.32 Å². The molecule has 2 N–H and O–H groups in total. The molecule has 0 aliphatic heterocycles. The van der Waals surface area contributed by atoms with E-state index in [1.54, 1.807) is 0 Å². The predicted octanol–water partition coefficient (Wildman–Crippen LogP) is 3.17. The van der Waals surface area contributed by atoms with E-state index in [0.717, 1.165) is 12.3 Å². The summed E-state index contributed by atoms with van der Waals surface area (Å²) >= 11 is 0. The molecule has 130 valence electrons. The van der Waals surface area contributed by atoms with E-state index < -0.39 is 5.97 Å². The molecule has 2 bridgehead atoms. The predicted molar refractivity (Wildman–Crippen MR) is 88.7 cm³/mol. The number of rotatable bonds is 6. The number of anilines is 1. The van der Waals surface area contributed by atoms with Gasteiger partial charge in [-0.15, -0.1) is 0 Å². The van der Waals surface area contributed by atoms with Crippen LogP contribution < -0.4 is 14.8 Å². The average Bonchev–Trinajstić information content (AvgIpc) is 3.16. The van der Waals surface area contributed by atoms with Crippen LogP contribution in [0.1, 0.15) is 42.5 Å². The van der Waals surface area contributed by atoms with Crippen molar-refractivity contribution >= 4 is 17.6 Å². The van der Waals surface area contributed by atoms with Crippen molar-refractivity contribution in [1.82, 2.24) is 0 Å². The van der Waals surface area contributed by atoms with Gasteiger partial charge >= 0.3 is 5.97 Å². The quantitative estimate of drug-likeness (QED) is 0.835. The molecule has 6 heteroatoms. The van der Waals surface area contributed by atoms with Gasteiger partial charge in [-0.1, -0.05) is 6.42 Å². The second-order valence-corrected chi connectivity index (χ2v) is 6.75. The molecule has 1 amide bonds. The minimum absolute atomic E-state index is 0.00561. The minimum Gasteiger partial charge on any atom is -0.493 e. The first-order valence-electron chi connectivity index (χ1n) is 8.31. The third kappa shape index (κ3) is 3.18. The first kappa shape index (κ1) is 16.6. The largest absolute Gasteiger partial charge is 0.493 e. The van der Waals surface area contributed by atoms with Crippen LogP contribution in [0.2, 0.25) is 0 Å². The zero-order valence-corrected chi connectivity index (χ0v) is 14.0. The van der Waals surface area contributed by atoms with Gasteiger partial charge in [0, 0.05) is 18.6 Å². The maximum Gasteiger partial charge on any atom is 0.337 e. The number of carbonyl (C=O) groups excluding carboxylic acids is 1. The topological polar surface area (TPSA) is 84.9 Å². The van der Waals surface area contributed by atoms with Crippen LogP contribution in [0.3, 0.4) is 0 Å². The number of benzene rings is 1. The van der Waals surface area contributed by atoms with Crippen LogP contribution in [0.4, 0.5) is 5.69 Å². The second kappa shape index (κ2) is 6.71. The Morgan fingerprint density at radius 3 is 2.42 bits per heavy atom. The Kier molecular flexibility index (Phi) is 4.64. The molecule has 2 aliphatic carbocycles. The van der Waals surface area contributed by atoms with E-state index in [9.17, 15) is 14.7 Å². The molecule has 1 aromatic rings. The van der Waals surface area contributed by atoms with Crippen LogP contribution in [-0.2, 0) is 4.79 Å². The summed E-state index contributed by atoms with van der Waals surface area (Å²) in [5.41, 5.74) is 0.238. The van der Waals surface area contributed by atoms with Gasteiger partial charge in [-0.25, -0.2) is 4.79 Å². The van der Waals surface area contributed by atoms with Crippen molar-refractivity contribution in [3.63, 3.8) is 0 Å². The van der Waals surface area contributed by atoms with Crippen molar-refractivity contribution < 1.29 is 24.2 Å². The maximum atomic E-state index is 12.4. The SMILES string of the molecule is COc1cc(NC(=O)CC2CC3CCC2C3)c(C(=O)O)cc1OC. The molecular weight excluding hydrogens is 310 g/mol.